The zero-order valence-corrected chi connectivity index (χ0v) is 11.4. The van der Waals surface area contributed by atoms with E-state index in [9.17, 15) is 8.42 Å². The van der Waals surface area contributed by atoms with Crippen LogP contribution in [0.5, 0.6) is 0 Å². The first-order valence-electron chi connectivity index (χ1n) is 5.98. The normalized spacial score (nSPS) is 11.2. The third-order valence-corrected chi connectivity index (χ3v) is 3.91. The van der Waals surface area contributed by atoms with Crippen molar-refractivity contribution < 1.29 is 13.5 Å². The Bertz CT molecular complexity index is 644. The van der Waals surface area contributed by atoms with Gasteiger partial charge >= 0.3 is 0 Å². The van der Waals surface area contributed by atoms with E-state index in [0.29, 0.717) is 12.8 Å². The molecule has 0 bridgehead atoms. The number of anilines is 1. The van der Waals surface area contributed by atoms with Gasteiger partial charge in [0.15, 0.2) is 0 Å². The van der Waals surface area contributed by atoms with Crippen molar-refractivity contribution in [2.24, 2.45) is 0 Å². The van der Waals surface area contributed by atoms with Crippen molar-refractivity contribution in [2.75, 3.05) is 11.3 Å². The summed E-state index contributed by atoms with van der Waals surface area (Å²) in [5, 5.41) is 15.9. The summed E-state index contributed by atoms with van der Waals surface area (Å²) in [4.78, 5) is 3.88. The number of aliphatic hydroxyl groups is 1. The highest BCUT2D eigenvalue weighted by molar-refractivity contribution is 7.92. The lowest BCUT2D eigenvalue weighted by Crippen LogP contribution is -2.15. The van der Waals surface area contributed by atoms with Crippen LogP contribution in [0.25, 0.3) is 0 Å². The summed E-state index contributed by atoms with van der Waals surface area (Å²) >= 11 is 0. The summed E-state index contributed by atoms with van der Waals surface area (Å²) in [6.45, 7) is 0.111. The number of rotatable bonds is 6. The number of hydrogen-bond acceptors (Lipinski definition) is 6. The van der Waals surface area contributed by atoms with Crippen molar-refractivity contribution in [2.45, 2.75) is 17.7 Å². The second kappa shape index (κ2) is 6.40. The van der Waals surface area contributed by atoms with Gasteiger partial charge in [-0.15, -0.1) is 5.10 Å². The maximum absolute atomic E-state index is 12.1. The highest BCUT2D eigenvalue weighted by Gasteiger charge is 2.15. The van der Waals surface area contributed by atoms with Crippen molar-refractivity contribution in [3.8, 4) is 0 Å². The molecule has 2 aromatic rings. The second-order valence-electron chi connectivity index (χ2n) is 4.04. The summed E-state index contributed by atoms with van der Waals surface area (Å²) in [6, 6.07) is 6.44. The zero-order chi connectivity index (χ0) is 14.4. The fourth-order valence-corrected chi connectivity index (χ4v) is 2.54. The van der Waals surface area contributed by atoms with E-state index in [4.69, 9.17) is 5.11 Å². The molecule has 0 unspecified atom stereocenters. The predicted molar refractivity (Wildman–Crippen MR) is 72.5 cm³/mol. The molecule has 1 aromatic heterocycles. The summed E-state index contributed by atoms with van der Waals surface area (Å²) < 4.78 is 26.4. The van der Waals surface area contributed by atoms with Crippen molar-refractivity contribution in [1.82, 2.24) is 15.2 Å². The third kappa shape index (κ3) is 3.72. The number of hydrogen-bond donors (Lipinski definition) is 2. The number of aliphatic hydroxyl groups excluding tert-OH is 1. The molecule has 0 fully saturated rings. The molecule has 0 spiro atoms. The van der Waals surface area contributed by atoms with Gasteiger partial charge in [0.2, 0.25) is 0 Å². The molecule has 0 saturated carbocycles. The van der Waals surface area contributed by atoms with Crippen LogP contribution in [0.2, 0.25) is 0 Å². The van der Waals surface area contributed by atoms with Crippen LogP contribution in [0.3, 0.4) is 0 Å². The topological polar surface area (TPSA) is 105 Å². The maximum Gasteiger partial charge on any atom is 0.264 e. The maximum atomic E-state index is 12.1. The average molecular weight is 294 g/mol. The largest absolute Gasteiger partial charge is 0.396 e. The van der Waals surface area contributed by atoms with Crippen LogP contribution < -0.4 is 4.72 Å². The van der Waals surface area contributed by atoms with E-state index in [0.717, 1.165) is 5.56 Å². The molecule has 1 heterocycles. The summed E-state index contributed by atoms with van der Waals surface area (Å²) in [7, 11) is -3.71. The molecule has 0 aliphatic rings. The Morgan fingerprint density at radius 2 is 1.90 bits per heavy atom. The minimum absolute atomic E-state index is 0.0724. The van der Waals surface area contributed by atoms with E-state index in [1.807, 2.05) is 0 Å². The Hall–Kier alpha value is -2.06. The molecule has 2 rings (SSSR count). The quantitative estimate of drug-likeness (QED) is 0.808. The van der Waals surface area contributed by atoms with Gasteiger partial charge in [-0.3, -0.25) is 0 Å². The van der Waals surface area contributed by atoms with Crippen LogP contribution in [-0.2, 0) is 16.4 Å². The molecular weight excluding hydrogens is 280 g/mol. The smallest absolute Gasteiger partial charge is 0.264 e. The highest BCUT2D eigenvalue weighted by Crippen LogP contribution is 2.14. The fraction of sp³-hybridized carbons (Fsp3) is 0.250. The summed E-state index contributed by atoms with van der Waals surface area (Å²) in [6.07, 6.45) is 4.06. The van der Waals surface area contributed by atoms with Crippen molar-refractivity contribution in [1.29, 1.82) is 0 Å². The molecule has 0 aliphatic heterocycles. The van der Waals surface area contributed by atoms with E-state index in [1.165, 1.54) is 24.5 Å². The SMILES string of the molecule is O=S(=O)(Nc1nccnn1)c1ccc(CCCO)cc1. The van der Waals surface area contributed by atoms with Crippen LogP contribution in [0, 0.1) is 0 Å². The van der Waals surface area contributed by atoms with Crippen LogP contribution in [0.4, 0.5) is 5.95 Å². The van der Waals surface area contributed by atoms with Crippen molar-refractivity contribution in [3.05, 3.63) is 42.2 Å². The first-order valence-corrected chi connectivity index (χ1v) is 7.46. The van der Waals surface area contributed by atoms with Gasteiger partial charge in [-0.05, 0) is 30.5 Å². The summed E-state index contributed by atoms with van der Waals surface area (Å²) in [5.74, 6) is -0.0724. The fourth-order valence-electron chi connectivity index (χ4n) is 1.59. The number of sulfonamides is 1. The standard InChI is InChI=1S/C12H14N4O3S/c17-9-1-2-10-3-5-11(6-4-10)20(18,19)16-12-13-7-8-14-15-12/h3-8,17H,1-2,9H2,(H,13,15,16). The molecule has 106 valence electrons. The molecule has 7 nitrogen and oxygen atoms in total. The molecule has 0 aliphatic carbocycles. The Morgan fingerprint density at radius 1 is 1.15 bits per heavy atom. The van der Waals surface area contributed by atoms with E-state index in [-0.39, 0.29) is 17.5 Å². The van der Waals surface area contributed by atoms with Gasteiger partial charge in [0.05, 0.1) is 17.3 Å². The molecule has 0 radical (unpaired) electrons. The molecule has 20 heavy (non-hydrogen) atoms. The Kier molecular flexibility index (Phi) is 4.59. The van der Waals surface area contributed by atoms with Crippen LogP contribution >= 0.6 is 0 Å². The second-order valence-corrected chi connectivity index (χ2v) is 5.73. The number of nitrogens with one attached hydrogen (secondary N) is 1. The van der Waals surface area contributed by atoms with Crippen molar-refractivity contribution >= 4 is 16.0 Å². The molecule has 0 saturated heterocycles. The monoisotopic (exact) mass is 294 g/mol. The van der Waals surface area contributed by atoms with E-state index >= 15 is 0 Å². The number of aromatic nitrogens is 3. The van der Waals surface area contributed by atoms with E-state index in [1.54, 1.807) is 12.1 Å². The molecule has 1 aromatic carbocycles. The van der Waals surface area contributed by atoms with Crippen LogP contribution in [0.1, 0.15) is 12.0 Å². The first kappa shape index (κ1) is 14.4. The van der Waals surface area contributed by atoms with Gasteiger partial charge in [-0.1, -0.05) is 12.1 Å². The number of aryl methyl sites for hydroxylation is 1. The lowest BCUT2D eigenvalue weighted by Gasteiger charge is -2.06. The van der Waals surface area contributed by atoms with E-state index < -0.39 is 10.0 Å². The molecular formula is C12H14N4O3S. The van der Waals surface area contributed by atoms with Crippen LogP contribution in [-0.4, -0.2) is 35.3 Å². The third-order valence-electron chi connectivity index (χ3n) is 2.57. The van der Waals surface area contributed by atoms with Gasteiger partial charge in [0.25, 0.3) is 16.0 Å². The van der Waals surface area contributed by atoms with Gasteiger partial charge < -0.3 is 5.11 Å². The minimum atomic E-state index is -3.71. The van der Waals surface area contributed by atoms with E-state index in [2.05, 4.69) is 19.9 Å². The zero-order valence-electron chi connectivity index (χ0n) is 10.6. The van der Waals surface area contributed by atoms with Gasteiger partial charge in [-0.25, -0.2) is 18.1 Å². The predicted octanol–water partition coefficient (Wildman–Crippen LogP) is 0.597. The lowest BCUT2D eigenvalue weighted by molar-refractivity contribution is 0.288. The molecule has 0 amide bonds. The first-order chi connectivity index (χ1) is 9.62. The molecule has 0 atom stereocenters. The average Bonchev–Trinajstić information content (AvgIpc) is 2.46. The summed E-state index contributed by atoms with van der Waals surface area (Å²) in [5.41, 5.74) is 0.968. The molecule has 8 heteroatoms. The van der Waals surface area contributed by atoms with Crippen LogP contribution in [0.15, 0.2) is 41.6 Å². The number of benzene rings is 1. The lowest BCUT2D eigenvalue weighted by atomic mass is 10.1. The highest BCUT2D eigenvalue weighted by atomic mass is 32.2. The Labute approximate surface area is 116 Å². The Balaban J connectivity index is 2.13. The van der Waals surface area contributed by atoms with Gasteiger partial charge in [0.1, 0.15) is 0 Å². The van der Waals surface area contributed by atoms with Gasteiger partial charge in [-0.2, -0.15) is 5.10 Å². The Morgan fingerprint density at radius 3 is 2.50 bits per heavy atom. The van der Waals surface area contributed by atoms with Gasteiger partial charge in [0, 0.05) is 6.61 Å². The number of nitrogens with zero attached hydrogens (tertiary/aromatic N) is 3. The molecule has 2 N–H and O–H groups in total. The van der Waals surface area contributed by atoms with Crippen molar-refractivity contribution in [3.63, 3.8) is 0 Å². The minimum Gasteiger partial charge on any atom is -0.396 e.